The molecule has 0 saturated carbocycles. The zero-order valence-corrected chi connectivity index (χ0v) is 13.1. The van der Waals surface area contributed by atoms with Gasteiger partial charge < -0.3 is 24.6 Å². The van der Waals surface area contributed by atoms with Crippen LogP contribution in [-0.2, 0) is 19.0 Å². The molecule has 0 heterocycles. The number of rotatable bonds is 11. The van der Waals surface area contributed by atoms with Gasteiger partial charge in [0.05, 0.1) is 32.5 Å². The Hall–Kier alpha value is -0.690. The highest BCUT2D eigenvalue weighted by molar-refractivity contribution is 5.69. The highest BCUT2D eigenvalue weighted by Gasteiger charge is 2.17. The second-order valence-electron chi connectivity index (χ2n) is 5.57. The molecular formula is C14H29NO5. The van der Waals surface area contributed by atoms with Crippen molar-refractivity contribution in [3.8, 4) is 0 Å². The van der Waals surface area contributed by atoms with E-state index < -0.39 is 11.7 Å². The molecule has 0 saturated heterocycles. The zero-order chi connectivity index (χ0) is 15.4. The van der Waals surface area contributed by atoms with E-state index in [-0.39, 0.29) is 19.0 Å². The Morgan fingerprint density at radius 2 is 1.85 bits per heavy atom. The molecule has 0 aromatic carbocycles. The highest BCUT2D eigenvalue weighted by Crippen LogP contribution is 2.10. The van der Waals surface area contributed by atoms with Crippen molar-refractivity contribution in [2.75, 3.05) is 40.0 Å². The van der Waals surface area contributed by atoms with Crippen molar-refractivity contribution in [2.45, 2.75) is 45.3 Å². The van der Waals surface area contributed by atoms with E-state index in [0.29, 0.717) is 26.2 Å². The summed E-state index contributed by atoms with van der Waals surface area (Å²) in [5.74, 6) is -0.299. The number of ether oxygens (including phenoxy) is 3. The third-order valence-corrected chi connectivity index (χ3v) is 2.28. The summed E-state index contributed by atoms with van der Waals surface area (Å²) in [6.07, 6.45) is -0.115. The van der Waals surface area contributed by atoms with Gasteiger partial charge in [0, 0.05) is 13.0 Å². The molecule has 0 radical (unpaired) electrons. The number of nitrogens with one attached hydrogen (secondary N) is 1. The Kier molecular flexibility index (Phi) is 10.6. The Labute approximate surface area is 121 Å². The molecule has 0 rings (SSSR count). The van der Waals surface area contributed by atoms with Crippen molar-refractivity contribution < 1.29 is 24.1 Å². The number of hydrogen-bond acceptors (Lipinski definition) is 6. The average Bonchev–Trinajstić information content (AvgIpc) is 2.33. The molecule has 0 aliphatic carbocycles. The fraction of sp³-hybridized carbons (Fsp3) is 0.929. The zero-order valence-electron chi connectivity index (χ0n) is 13.1. The van der Waals surface area contributed by atoms with Gasteiger partial charge in [-0.3, -0.25) is 4.79 Å². The lowest BCUT2D eigenvalue weighted by atomic mass is 10.1. The Morgan fingerprint density at radius 3 is 2.45 bits per heavy atom. The number of aliphatic hydroxyl groups is 1. The van der Waals surface area contributed by atoms with E-state index in [2.05, 4.69) is 5.32 Å². The summed E-state index contributed by atoms with van der Waals surface area (Å²) in [5, 5.41) is 12.6. The molecule has 1 unspecified atom stereocenters. The predicted octanol–water partition coefficient (Wildman–Crippen LogP) is 0.722. The molecule has 20 heavy (non-hydrogen) atoms. The molecular weight excluding hydrogens is 262 g/mol. The molecule has 1 atom stereocenters. The molecule has 0 aromatic heterocycles. The largest absolute Gasteiger partial charge is 0.460 e. The summed E-state index contributed by atoms with van der Waals surface area (Å²) < 4.78 is 15.7. The first-order valence-electron chi connectivity index (χ1n) is 7.05. The maximum atomic E-state index is 11.4. The van der Waals surface area contributed by atoms with Crippen molar-refractivity contribution >= 4 is 5.97 Å². The van der Waals surface area contributed by atoms with E-state index in [9.17, 15) is 9.90 Å². The number of carbonyl (C=O) groups excluding carboxylic acids is 1. The van der Waals surface area contributed by atoms with Crippen molar-refractivity contribution in [3.63, 3.8) is 0 Å². The first-order chi connectivity index (χ1) is 9.35. The van der Waals surface area contributed by atoms with Crippen LogP contribution in [0.5, 0.6) is 0 Å². The van der Waals surface area contributed by atoms with Gasteiger partial charge >= 0.3 is 5.97 Å². The fourth-order valence-corrected chi connectivity index (χ4v) is 1.37. The topological polar surface area (TPSA) is 77.0 Å². The van der Waals surface area contributed by atoms with Gasteiger partial charge in [-0.15, -0.1) is 0 Å². The van der Waals surface area contributed by atoms with Crippen LogP contribution in [0.4, 0.5) is 0 Å². The number of hydrogen-bond donors (Lipinski definition) is 2. The molecule has 0 aliphatic rings. The van der Waals surface area contributed by atoms with Gasteiger partial charge in [0.2, 0.25) is 0 Å². The minimum absolute atomic E-state index is 0.195. The third-order valence-electron chi connectivity index (χ3n) is 2.28. The molecule has 120 valence electrons. The molecule has 0 fully saturated rings. The number of esters is 1. The molecule has 0 aromatic rings. The fourth-order valence-electron chi connectivity index (χ4n) is 1.37. The van der Waals surface area contributed by atoms with Crippen LogP contribution in [0.15, 0.2) is 0 Å². The smallest absolute Gasteiger partial charge is 0.306 e. The van der Waals surface area contributed by atoms with E-state index in [0.717, 1.165) is 6.54 Å². The van der Waals surface area contributed by atoms with Crippen molar-refractivity contribution in [1.29, 1.82) is 0 Å². The molecule has 0 amide bonds. The van der Waals surface area contributed by atoms with Crippen LogP contribution in [0.1, 0.15) is 33.6 Å². The standard InChI is InChI=1S/C14H29NO5/c1-14(2,3)20-13(17)6-5-12(16)11-19-10-9-18-8-7-15-4/h12,15-16H,5-11H2,1-4H3. The normalized spacial score (nSPS) is 13.2. The van der Waals surface area contributed by atoms with E-state index in [1.807, 2.05) is 27.8 Å². The maximum absolute atomic E-state index is 11.4. The van der Waals surface area contributed by atoms with E-state index in [1.54, 1.807) is 0 Å². The summed E-state index contributed by atoms with van der Waals surface area (Å²) in [5.41, 5.74) is -0.483. The lowest BCUT2D eigenvalue weighted by molar-refractivity contribution is -0.155. The van der Waals surface area contributed by atoms with Gasteiger partial charge in [-0.25, -0.2) is 0 Å². The van der Waals surface area contributed by atoms with Gasteiger partial charge in [-0.1, -0.05) is 0 Å². The van der Waals surface area contributed by atoms with Crippen molar-refractivity contribution in [3.05, 3.63) is 0 Å². The molecule has 0 spiro atoms. The van der Waals surface area contributed by atoms with Gasteiger partial charge in [0.15, 0.2) is 0 Å². The maximum Gasteiger partial charge on any atom is 0.306 e. The third kappa shape index (κ3) is 13.7. The molecule has 2 N–H and O–H groups in total. The molecule has 0 bridgehead atoms. The first-order valence-corrected chi connectivity index (χ1v) is 7.05. The first kappa shape index (κ1) is 19.3. The van der Waals surface area contributed by atoms with Gasteiger partial charge in [-0.05, 0) is 34.2 Å². The van der Waals surface area contributed by atoms with Crippen molar-refractivity contribution in [2.24, 2.45) is 0 Å². The van der Waals surface area contributed by atoms with Gasteiger partial charge in [-0.2, -0.15) is 0 Å². The van der Waals surface area contributed by atoms with Gasteiger partial charge in [0.25, 0.3) is 0 Å². The van der Waals surface area contributed by atoms with Crippen molar-refractivity contribution in [1.82, 2.24) is 5.32 Å². The summed E-state index contributed by atoms with van der Waals surface area (Å²) in [7, 11) is 1.86. The van der Waals surface area contributed by atoms with Gasteiger partial charge in [0.1, 0.15) is 5.60 Å². The summed E-state index contributed by atoms with van der Waals surface area (Å²) >= 11 is 0. The monoisotopic (exact) mass is 291 g/mol. The van der Waals surface area contributed by atoms with Crippen LogP contribution >= 0.6 is 0 Å². The lowest BCUT2D eigenvalue weighted by Crippen LogP contribution is -2.25. The minimum atomic E-state index is -0.653. The summed E-state index contributed by atoms with van der Waals surface area (Å²) in [4.78, 5) is 11.4. The Balaban J connectivity index is 3.45. The molecule has 0 aliphatic heterocycles. The second kappa shape index (κ2) is 11.0. The van der Waals surface area contributed by atoms with Crippen LogP contribution in [0, 0.1) is 0 Å². The number of aliphatic hydroxyl groups excluding tert-OH is 1. The average molecular weight is 291 g/mol. The van der Waals surface area contributed by atoms with E-state index in [4.69, 9.17) is 14.2 Å². The highest BCUT2D eigenvalue weighted by atomic mass is 16.6. The quantitative estimate of drug-likeness (QED) is 0.431. The van der Waals surface area contributed by atoms with Crippen LogP contribution in [0.25, 0.3) is 0 Å². The Bertz CT molecular complexity index is 252. The van der Waals surface area contributed by atoms with Crippen LogP contribution in [-0.4, -0.2) is 62.8 Å². The number of likely N-dealkylation sites (N-methyl/N-ethyl adjacent to an activating group) is 1. The predicted molar refractivity (Wildman–Crippen MR) is 76.7 cm³/mol. The SMILES string of the molecule is CNCCOCCOCC(O)CCC(=O)OC(C)(C)C. The summed E-state index contributed by atoms with van der Waals surface area (Å²) in [6.45, 7) is 8.04. The molecule has 6 heteroatoms. The molecule has 6 nitrogen and oxygen atoms in total. The van der Waals surface area contributed by atoms with Crippen LogP contribution < -0.4 is 5.32 Å². The number of carbonyl (C=O) groups is 1. The lowest BCUT2D eigenvalue weighted by Gasteiger charge is -2.20. The Morgan fingerprint density at radius 1 is 1.20 bits per heavy atom. The second-order valence-corrected chi connectivity index (χ2v) is 5.57. The van der Waals surface area contributed by atoms with Crippen LogP contribution in [0.3, 0.4) is 0 Å². The van der Waals surface area contributed by atoms with Crippen LogP contribution in [0.2, 0.25) is 0 Å². The summed E-state index contributed by atoms with van der Waals surface area (Å²) in [6, 6.07) is 0. The van der Waals surface area contributed by atoms with E-state index >= 15 is 0 Å². The minimum Gasteiger partial charge on any atom is -0.460 e. The van der Waals surface area contributed by atoms with E-state index in [1.165, 1.54) is 0 Å².